The maximum atomic E-state index is 13.6. The molecule has 0 spiro atoms. The first kappa shape index (κ1) is 14.3. The van der Waals surface area contributed by atoms with Crippen LogP contribution in [0.15, 0.2) is 21.5 Å². The van der Waals surface area contributed by atoms with Crippen LogP contribution in [0.4, 0.5) is 4.39 Å². The number of halogens is 2. The minimum absolute atomic E-state index is 0.0420. The number of hydrogen-bond acceptors (Lipinski definition) is 4. The Morgan fingerprint density at radius 3 is 2.47 bits per heavy atom. The molecule has 2 N–H and O–H groups in total. The highest BCUT2D eigenvalue weighted by Gasteiger charge is 2.20. The van der Waals surface area contributed by atoms with Crippen molar-refractivity contribution in [1.82, 2.24) is 0 Å². The van der Waals surface area contributed by atoms with Crippen molar-refractivity contribution in [2.45, 2.75) is 11.3 Å². The van der Waals surface area contributed by atoms with Crippen LogP contribution in [-0.2, 0) is 9.84 Å². The predicted molar refractivity (Wildman–Crippen MR) is 65.2 cm³/mol. The zero-order valence-corrected chi connectivity index (χ0v) is 11.4. The number of benzene rings is 1. The molecule has 0 fully saturated rings. The molecule has 17 heavy (non-hydrogen) atoms. The number of nitrogens with two attached hydrogens (primary N) is 1. The molecule has 7 heteroatoms. The van der Waals surface area contributed by atoms with E-state index in [2.05, 4.69) is 15.9 Å². The molecule has 0 aliphatic heterocycles. The summed E-state index contributed by atoms with van der Waals surface area (Å²) in [6.45, 7) is 0.159. The molecule has 1 rings (SSSR count). The largest absolute Gasteiger partial charge is 0.330 e. The molecule has 0 atom stereocenters. The number of rotatable bonds is 4. The molecule has 1 aromatic carbocycles. The summed E-state index contributed by atoms with van der Waals surface area (Å²) >= 11 is 2.95. The minimum Gasteiger partial charge on any atom is -0.330 e. The van der Waals surface area contributed by atoms with Gasteiger partial charge in [-0.3, -0.25) is 4.79 Å². The zero-order valence-electron chi connectivity index (χ0n) is 9.04. The normalized spacial score (nSPS) is 11.5. The lowest BCUT2D eigenvalue weighted by molar-refractivity contribution is 0.0984. The Balaban J connectivity index is 3.33. The summed E-state index contributed by atoms with van der Waals surface area (Å²) in [7, 11) is -3.68. The Morgan fingerprint density at radius 2 is 2.06 bits per heavy atom. The fourth-order valence-corrected chi connectivity index (χ4v) is 3.49. The van der Waals surface area contributed by atoms with Crippen LogP contribution in [0.3, 0.4) is 0 Å². The SMILES string of the molecule is CS(=O)(=O)c1c(F)cc(C(=O)CCN)cc1Br. The van der Waals surface area contributed by atoms with E-state index in [1.807, 2.05) is 0 Å². The fourth-order valence-electron chi connectivity index (χ4n) is 1.35. The monoisotopic (exact) mass is 323 g/mol. The third-order valence-corrected chi connectivity index (χ3v) is 4.11. The predicted octanol–water partition coefficient (Wildman–Crippen LogP) is 1.52. The molecule has 0 radical (unpaired) electrons. The first-order valence-corrected chi connectivity index (χ1v) is 7.38. The maximum Gasteiger partial charge on any atom is 0.179 e. The maximum absolute atomic E-state index is 13.6. The van der Waals surface area contributed by atoms with Gasteiger partial charge in [-0.05, 0) is 34.6 Å². The lowest BCUT2D eigenvalue weighted by atomic mass is 10.1. The third-order valence-electron chi connectivity index (χ3n) is 2.06. The topological polar surface area (TPSA) is 77.2 Å². The van der Waals surface area contributed by atoms with Crippen LogP contribution in [-0.4, -0.2) is 27.0 Å². The molecular formula is C10H11BrFNO3S. The quantitative estimate of drug-likeness (QED) is 0.852. The second kappa shape index (κ2) is 5.24. The van der Waals surface area contributed by atoms with E-state index >= 15 is 0 Å². The molecule has 0 aliphatic rings. The van der Waals surface area contributed by atoms with Gasteiger partial charge in [0.25, 0.3) is 0 Å². The van der Waals surface area contributed by atoms with Gasteiger partial charge in [0.1, 0.15) is 10.7 Å². The Morgan fingerprint density at radius 1 is 1.47 bits per heavy atom. The second-order valence-corrected chi connectivity index (χ2v) is 6.31. The van der Waals surface area contributed by atoms with Gasteiger partial charge in [-0.25, -0.2) is 12.8 Å². The van der Waals surface area contributed by atoms with E-state index in [0.29, 0.717) is 0 Å². The van der Waals surface area contributed by atoms with Crippen LogP contribution in [0, 0.1) is 5.82 Å². The second-order valence-electron chi connectivity index (χ2n) is 3.50. The Bertz CT molecular complexity index is 534. The fraction of sp³-hybridized carbons (Fsp3) is 0.300. The Kier molecular flexibility index (Phi) is 4.40. The van der Waals surface area contributed by atoms with E-state index in [9.17, 15) is 17.6 Å². The summed E-state index contributed by atoms with van der Waals surface area (Å²) in [5.74, 6) is -1.27. The molecule has 4 nitrogen and oxygen atoms in total. The van der Waals surface area contributed by atoms with Gasteiger partial charge in [-0.2, -0.15) is 0 Å². The molecule has 0 heterocycles. The number of hydrogen-bond donors (Lipinski definition) is 1. The number of carbonyl (C=O) groups is 1. The first-order chi connectivity index (χ1) is 7.77. The molecule has 94 valence electrons. The summed E-state index contributed by atoms with van der Waals surface area (Å²) in [5, 5.41) is 0. The molecule has 0 amide bonds. The molecule has 0 unspecified atom stereocenters. The van der Waals surface area contributed by atoms with Crippen LogP contribution < -0.4 is 5.73 Å². The van der Waals surface area contributed by atoms with Gasteiger partial charge in [0.2, 0.25) is 0 Å². The van der Waals surface area contributed by atoms with Gasteiger partial charge in [0, 0.05) is 22.7 Å². The Labute approximate surface area is 107 Å². The summed E-state index contributed by atoms with van der Waals surface area (Å²) in [6, 6.07) is 2.20. The highest BCUT2D eigenvalue weighted by molar-refractivity contribution is 9.10. The molecule has 0 aliphatic carbocycles. The van der Waals surface area contributed by atoms with Crippen molar-refractivity contribution in [2.75, 3.05) is 12.8 Å². The zero-order chi connectivity index (χ0) is 13.2. The smallest absolute Gasteiger partial charge is 0.179 e. The molecule has 0 aromatic heterocycles. The number of Topliss-reactive ketones (excluding diaryl/α,β-unsaturated/α-hetero) is 1. The summed E-state index contributed by atoms with van der Waals surface area (Å²) < 4.78 is 36.3. The van der Waals surface area contributed by atoms with E-state index < -0.39 is 20.5 Å². The van der Waals surface area contributed by atoms with Crippen molar-refractivity contribution in [3.8, 4) is 0 Å². The van der Waals surface area contributed by atoms with Gasteiger partial charge >= 0.3 is 0 Å². The van der Waals surface area contributed by atoms with Gasteiger partial charge in [-0.15, -0.1) is 0 Å². The summed E-state index contributed by atoms with van der Waals surface area (Å²) in [4.78, 5) is 11.1. The number of sulfone groups is 1. The summed E-state index contributed by atoms with van der Waals surface area (Å²) in [5.41, 5.74) is 5.32. The van der Waals surface area contributed by atoms with Crippen LogP contribution in [0.2, 0.25) is 0 Å². The standard InChI is InChI=1S/C10H11BrFNO3S/c1-17(15,16)10-7(11)4-6(5-8(10)12)9(14)2-3-13/h4-5H,2-3,13H2,1H3. The number of ketones is 1. The molecule has 0 bridgehead atoms. The highest BCUT2D eigenvalue weighted by atomic mass is 79.9. The van der Waals surface area contributed by atoms with Crippen molar-refractivity contribution in [3.05, 3.63) is 28.0 Å². The molecule has 0 saturated carbocycles. The minimum atomic E-state index is -3.68. The highest BCUT2D eigenvalue weighted by Crippen LogP contribution is 2.27. The average molecular weight is 324 g/mol. The molecular weight excluding hydrogens is 313 g/mol. The molecule has 0 saturated heterocycles. The van der Waals surface area contributed by atoms with Crippen molar-refractivity contribution in [2.24, 2.45) is 5.73 Å². The average Bonchev–Trinajstić information content (AvgIpc) is 2.14. The first-order valence-electron chi connectivity index (χ1n) is 4.69. The van der Waals surface area contributed by atoms with Gasteiger partial charge < -0.3 is 5.73 Å². The lowest BCUT2D eigenvalue weighted by Gasteiger charge is -2.06. The van der Waals surface area contributed by atoms with E-state index in [4.69, 9.17) is 5.73 Å². The van der Waals surface area contributed by atoms with E-state index in [-0.39, 0.29) is 28.8 Å². The van der Waals surface area contributed by atoms with E-state index in [1.165, 1.54) is 6.07 Å². The van der Waals surface area contributed by atoms with Crippen LogP contribution in [0.25, 0.3) is 0 Å². The lowest BCUT2D eigenvalue weighted by Crippen LogP contribution is -2.10. The van der Waals surface area contributed by atoms with Crippen molar-refractivity contribution < 1.29 is 17.6 Å². The van der Waals surface area contributed by atoms with Crippen molar-refractivity contribution >= 4 is 31.6 Å². The summed E-state index contributed by atoms with van der Waals surface area (Å²) in [6.07, 6.45) is 0.988. The van der Waals surface area contributed by atoms with Gasteiger partial charge in [-0.1, -0.05) is 0 Å². The van der Waals surface area contributed by atoms with Crippen molar-refractivity contribution in [3.63, 3.8) is 0 Å². The van der Waals surface area contributed by atoms with Crippen LogP contribution in [0.1, 0.15) is 16.8 Å². The van der Waals surface area contributed by atoms with Gasteiger partial charge in [0.15, 0.2) is 15.6 Å². The van der Waals surface area contributed by atoms with E-state index in [0.717, 1.165) is 12.3 Å². The van der Waals surface area contributed by atoms with Crippen LogP contribution in [0.5, 0.6) is 0 Å². The van der Waals surface area contributed by atoms with Crippen molar-refractivity contribution in [1.29, 1.82) is 0 Å². The van der Waals surface area contributed by atoms with E-state index in [1.54, 1.807) is 0 Å². The number of carbonyl (C=O) groups excluding carboxylic acids is 1. The third kappa shape index (κ3) is 3.34. The van der Waals surface area contributed by atoms with Gasteiger partial charge in [0.05, 0.1) is 0 Å². The van der Waals surface area contributed by atoms with Crippen LogP contribution >= 0.6 is 15.9 Å². The Hall–Kier alpha value is -0.790. The molecule has 1 aromatic rings.